The summed E-state index contributed by atoms with van der Waals surface area (Å²) in [7, 11) is 3.61. The number of benzene rings is 2. The molecule has 0 aliphatic rings. The molecule has 0 heterocycles. The normalized spacial score (nSPS) is 10.3. The molecule has 6 heteroatoms. The molecule has 0 saturated heterocycles. The van der Waals surface area contributed by atoms with Crippen molar-refractivity contribution >= 4 is 58.4 Å². The van der Waals surface area contributed by atoms with Crippen molar-refractivity contribution < 1.29 is 9.59 Å². The van der Waals surface area contributed by atoms with Crippen molar-refractivity contribution in [3.05, 3.63) is 48.5 Å². The van der Waals surface area contributed by atoms with Crippen LogP contribution in [0.3, 0.4) is 0 Å². The van der Waals surface area contributed by atoms with Crippen molar-refractivity contribution in [3.63, 3.8) is 0 Å². The van der Waals surface area contributed by atoms with Crippen molar-refractivity contribution in [1.82, 2.24) is 0 Å². The van der Waals surface area contributed by atoms with Crippen molar-refractivity contribution in [2.45, 2.75) is 13.8 Å². The maximum atomic E-state index is 11.7. The molecule has 0 aromatic heterocycles. The summed E-state index contributed by atoms with van der Waals surface area (Å²) in [4.78, 5) is 26.8. The first-order valence-corrected chi connectivity index (χ1v) is 13.5. The van der Waals surface area contributed by atoms with Crippen LogP contribution in [0.25, 0.3) is 0 Å². The number of hydrogen-bond acceptors (Lipinski definition) is 2. The Morgan fingerprint density at radius 3 is 1.38 bits per heavy atom. The van der Waals surface area contributed by atoms with E-state index in [1.54, 1.807) is 23.6 Å². The molecule has 0 bridgehead atoms. The fourth-order valence-corrected chi connectivity index (χ4v) is 9.23. The summed E-state index contributed by atoms with van der Waals surface area (Å²) < 4.78 is 2.42. The van der Waals surface area contributed by atoms with Crippen LogP contribution in [0.1, 0.15) is 13.8 Å². The number of amides is 2. The predicted molar refractivity (Wildman–Crippen MR) is 102 cm³/mol. The van der Waals surface area contributed by atoms with Gasteiger partial charge in [-0.05, 0) is 0 Å². The van der Waals surface area contributed by atoms with Gasteiger partial charge in [0.2, 0.25) is 0 Å². The Morgan fingerprint density at radius 1 is 0.708 bits per heavy atom. The Morgan fingerprint density at radius 2 is 1.04 bits per heavy atom. The fraction of sp³-hybridized carbons (Fsp3) is 0.222. The van der Waals surface area contributed by atoms with Crippen LogP contribution in [0.2, 0.25) is 0 Å². The van der Waals surface area contributed by atoms with Gasteiger partial charge in [-0.1, -0.05) is 0 Å². The first-order chi connectivity index (χ1) is 11.4. The predicted octanol–water partition coefficient (Wildman–Crippen LogP) is 0.926. The molecule has 0 radical (unpaired) electrons. The van der Waals surface area contributed by atoms with Crippen LogP contribution >= 0.6 is 0 Å². The molecule has 126 valence electrons. The quantitative estimate of drug-likeness (QED) is 0.631. The molecule has 0 aliphatic heterocycles. The minimum absolute atomic E-state index is 0.0301. The standard InChI is InChI=1S/C18H20N2O2Se2/c1-13(21)19(3)15-9-5-7-11-17(15)23-24-18-12-8-6-10-16(18)20(4)14(2)22/h5-12H,1-4H3. The van der Waals surface area contributed by atoms with Gasteiger partial charge in [0.1, 0.15) is 0 Å². The number of carbonyl (C=O) groups excluding carboxylic acids is 2. The molecule has 0 fully saturated rings. The monoisotopic (exact) mass is 456 g/mol. The summed E-state index contributed by atoms with van der Waals surface area (Å²) in [6.07, 6.45) is 0. The van der Waals surface area contributed by atoms with E-state index in [0.29, 0.717) is 0 Å². The number of anilines is 2. The number of hydrogen-bond donors (Lipinski definition) is 0. The van der Waals surface area contributed by atoms with E-state index in [4.69, 9.17) is 0 Å². The Labute approximate surface area is 154 Å². The Balaban J connectivity index is 2.24. The van der Waals surface area contributed by atoms with Gasteiger partial charge in [0.05, 0.1) is 0 Å². The summed E-state index contributed by atoms with van der Waals surface area (Å²) in [5.41, 5.74) is 1.95. The number of carbonyl (C=O) groups is 2. The van der Waals surface area contributed by atoms with Crippen LogP contribution in [0.15, 0.2) is 48.5 Å². The zero-order valence-corrected chi connectivity index (χ0v) is 17.6. The molecular formula is C18H20N2O2Se2. The van der Waals surface area contributed by atoms with Crippen LogP contribution in [0, 0.1) is 0 Å². The van der Waals surface area contributed by atoms with Crippen molar-refractivity contribution in [1.29, 1.82) is 0 Å². The van der Waals surface area contributed by atoms with E-state index in [-0.39, 0.29) is 38.1 Å². The van der Waals surface area contributed by atoms with Crippen LogP contribution in [-0.2, 0) is 9.59 Å². The molecule has 0 spiro atoms. The maximum absolute atomic E-state index is 11.7. The van der Waals surface area contributed by atoms with Gasteiger partial charge in [-0.2, -0.15) is 0 Å². The SMILES string of the molecule is CC(=O)N(C)c1ccccc1[Se][Se]c1ccccc1N(C)C(C)=O. The third kappa shape index (κ3) is 4.49. The van der Waals surface area contributed by atoms with E-state index in [0.717, 1.165) is 11.4 Å². The van der Waals surface area contributed by atoms with Gasteiger partial charge in [0, 0.05) is 0 Å². The first-order valence-electron chi connectivity index (χ1n) is 7.43. The van der Waals surface area contributed by atoms with Gasteiger partial charge in [-0.25, -0.2) is 0 Å². The molecule has 0 unspecified atom stereocenters. The van der Waals surface area contributed by atoms with E-state index >= 15 is 0 Å². The van der Waals surface area contributed by atoms with Gasteiger partial charge in [-0.15, -0.1) is 0 Å². The van der Waals surface area contributed by atoms with Gasteiger partial charge in [0.25, 0.3) is 0 Å². The van der Waals surface area contributed by atoms with Gasteiger partial charge in [0.15, 0.2) is 0 Å². The van der Waals surface area contributed by atoms with Crippen LogP contribution in [0.5, 0.6) is 0 Å². The second kappa shape index (κ2) is 8.50. The molecule has 0 atom stereocenters. The van der Waals surface area contributed by atoms with E-state index in [2.05, 4.69) is 12.1 Å². The van der Waals surface area contributed by atoms with E-state index in [1.807, 2.05) is 50.5 Å². The number of nitrogens with zero attached hydrogens (tertiary/aromatic N) is 2. The molecule has 0 N–H and O–H groups in total. The van der Waals surface area contributed by atoms with Crippen LogP contribution in [0.4, 0.5) is 11.4 Å². The van der Waals surface area contributed by atoms with Crippen molar-refractivity contribution in [2.75, 3.05) is 23.9 Å². The Hall–Kier alpha value is -1.58. The van der Waals surface area contributed by atoms with Gasteiger partial charge < -0.3 is 0 Å². The topological polar surface area (TPSA) is 40.6 Å². The van der Waals surface area contributed by atoms with Crippen molar-refractivity contribution in [2.24, 2.45) is 0 Å². The zero-order valence-electron chi connectivity index (χ0n) is 14.1. The first kappa shape index (κ1) is 18.8. The molecule has 2 rings (SSSR count). The molecule has 2 amide bonds. The Bertz CT molecular complexity index is 686. The number of para-hydroxylation sites is 2. The zero-order chi connectivity index (χ0) is 17.7. The molecule has 24 heavy (non-hydrogen) atoms. The molecule has 2 aromatic carbocycles. The van der Waals surface area contributed by atoms with E-state index < -0.39 is 0 Å². The summed E-state index contributed by atoms with van der Waals surface area (Å²) >= 11 is 0.446. The minimum atomic E-state index is 0.0301. The third-order valence-corrected chi connectivity index (χ3v) is 10.8. The van der Waals surface area contributed by atoms with Gasteiger partial charge >= 0.3 is 154 Å². The van der Waals surface area contributed by atoms with Gasteiger partial charge in [-0.3, -0.25) is 0 Å². The summed E-state index contributed by atoms with van der Waals surface area (Å²) in [6, 6.07) is 16.1. The summed E-state index contributed by atoms with van der Waals surface area (Å²) in [6.45, 7) is 3.15. The average Bonchev–Trinajstić information content (AvgIpc) is 2.59. The van der Waals surface area contributed by atoms with Crippen LogP contribution in [-0.4, -0.2) is 52.2 Å². The molecular weight excluding hydrogens is 434 g/mol. The third-order valence-electron chi connectivity index (χ3n) is 3.62. The summed E-state index contributed by atoms with van der Waals surface area (Å²) in [5.74, 6) is 0.0601. The van der Waals surface area contributed by atoms with Crippen molar-refractivity contribution in [3.8, 4) is 0 Å². The summed E-state index contributed by atoms with van der Waals surface area (Å²) in [5, 5.41) is 0. The number of rotatable bonds is 5. The average molecular weight is 454 g/mol. The molecule has 2 aromatic rings. The fourth-order valence-electron chi connectivity index (χ4n) is 2.04. The van der Waals surface area contributed by atoms with E-state index in [1.165, 1.54) is 8.92 Å². The Kier molecular flexibility index (Phi) is 6.64. The van der Waals surface area contributed by atoms with E-state index in [9.17, 15) is 9.59 Å². The second-order valence-corrected chi connectivity index (χ2v) is 11.4. The van der Waals surface area contributed by atoms with Crippen LogP contribution < -0.4 is 18.7 Å². The molecule has 4 nitrogen and oxygen atoms in total. The second-order valence-electron chi connectivity index (χ2n) is 5.26. The molecule has 0 saturated carbocycles. The molecule has 0 aliphatic carbocycles.